The number of hydrogen-bond donors (Lipinski definition) is 2. The highest BCUT2D eigenvalue weighted by Crippen LogP contribution is 2.36. The fourth-order valence-corrected chi connectivity index (χ4v) is 2.74. The summed E-state index contributed by atoms with van der Waals surface area (Å²) in [5.41, 5.74) is 1.52. The van der Waals surface area contributed by atoms with E-state index in [0.29, 0.717) is 4.88 Å². The first-order valence-corrected chi connectivity index (χ1v) is 8.46. The zero-order chi connectivity index (χ0) is 19.3. The monoisotopic (exact) mass is 403 g/mol. The summed E-state index contributed by atoms with van der Waals surface area (Å²) in [4.78, 5) is 24.1. The van der Waals surface area contributed by atoms with Gasteiger partial charge in [-0.2, -0.15) is 18.3 Å². The van der Waals surface area contributed by atoms with Gasteiger partial charge in [0.15, 0.2) is 0 Å². The molecule has 2 rings (SSSR count). The molecule has 10 heteroatoms. The first kappa shape index (κ1) is 19.9. The summed E-state index contributed by atoms with van der Waals surface area (Å²) in [7, 11) is 0. The van der Waals surface area contributed by atoms with Crippen LogP contribution in [0.1, 0.15) is 28.6 Å². The van der Waals surface area contributed by atoms with E-state index in [-0.39, 0.29) is 17.8 Å². The van der Waals surface area contributed by atoms with Crippen LogP contribution < -0.4 is 10.7 Å². The predicted molar refractivity (Wildman–Crippen MR) is 94.6 cm³/mol. The van der Waals surface area contributed by atoms with Crippen LogP contribution in [0.3, 0.4) is 0 Å². The second-order valence-corrected chi connectivity index (χ2v) is 6.54. The molecule has 0 saturated carbocycles. The minimum Gasteiger partial charge on any atom is -0.326 e. The van der Waals surface area contributed by atoms with E-state index in [1.165, 1.54) is 24.3 Å². The number of thiophene rings is 1. The van der Waals surface area contributed by atoms with Gasteiger partial charge in [-0.05, 0) is 36.6 Å². The molecule has 1 heterocycles. The van der Waals surface area contributed by atoms with Gasteiger partial charge >= 0.3 is 6.18 Å². The Hall–Kier alpha value is -2.39. The van der Waals surface area contributed by atoms with Crippen molar-refractivity contribution in [1.82, 2.24) is 5.43 Å². The highest BCUT2D eigenvalue weighted by Gasteiger charge is 2.33. The van der Waals surface area contributed by atoms with E-state index < -0.39 is 28.6 Å². The fraction of sp³-hybridized carbons (Fsp3) is 0.188. The molecule has 0 aliphatic carbocycles. The maximum Gasteiger partial charge on any atom is 0.417 e. The van der Waals surface area contributed by atoms with Gasteiger partial charge in [-0.15, -0.1) is 11.3 Å². The second kappa shape index (κ2) is 8.33. The molecular formula is C16H13ClF3N3O2S. The maximum atomic E-state index is 12.8. The molecule has 5 nitrogen and oxygen atoms in total. The zero-order valence-corrected chi connectivity index (χ0v) is 14.9. The molecule has 2 amide bonds. The lowest BCUT2D eigenvalue weighted by Crippen LogP contribution is -2.21. The molecule has 1 aromatic heterocycles. The molecule has 2 N–H and O–H groups in total. The van der Waals surface area contributed by atoms with Crippen LogP contribution in [0.5, 0.6) is 0 Å². The van der Waals surface area contributed by atoms with Gasteiger partial charge in [0.2, 0.25) is 5.91 Å². The average Bonchev–Trinajstić information content (AvgIpc) is 3.08. The van der Waals surface area contributed by atoms with E-state index in [0.717, 1.165) is 12.1 Å². The van der Waals surface area contributed by atoms with Gasteiger partial charge in [0.25, 0.3) is 5.91 Å². The van der Waals surface area contributed by atoms with Crippen LogP contribution in [0.4, 0.5) is 18.9 Å². The van der Waals surface area contributed by atoms with Crippen molar-refractivity contribution in [2.45, 2.75) is 19.5 Å². The summed E-state index contributed by atoms with van der Waals surface area (Å²) in [6, 6.07) is 6.41. The Labute approximate surface area is 155 Å². The van der Waals surface area contributed by atoms with Crippen molar-refractivity contribution in [3.05, 3.63) is 51.2 Å². The van der Waals surface area contributed by atoms with E-state index in [2.05, 4.69) is 15.8 Å². The lowest BCUT2D eigenvalue weighted by atomic mass is 10.2. The Morgan fingerprint density at radius 1 is 1.27 bits per heavy atom. The Kier molecular flexibility index (Phi) is 6.38. The molecule has 0 radical (unpaired) electrons. The zero-order valence-electron chi connectivity index (χ0n) is 13.4. The van der Waals surface area contributed by atoms with Crippen LogP contribution in [0, 0.1) is 0 Å². The Morgan fingerprint density at radius 3 is 2.62 bits per heavy atom. The van der Waals surface area contributed by atoms with Gasteiger partial charge in [0.05, 0.1) is 21.9 Å². The number of carbonyl (C=O) groups is 2. The molecule has 0 fully saturated rings. The lowest BCUT2D eigenvalue weighted by molar-refractivity contribution is -0.137. The fourth-order valence-electron chi connectivity index (χ4n) is 1.91. The number of nitrogens with one attached hydrogen (secondary N) is 2. The first-order chi connectivity index (χ1) is 12.2. The van der Waals surface area contributed by atoms with E-state index in [1.54, 1.807) is 17.5 Å². The Morgan fingerprint density at radius 2 is 2.00 bits per heavy atom. The summed E-state index contributed by atoms with van der Waals surface area (Å²) in [6.07, 6.45) is -4.82. The normalized spacial score (nSPS) is 12.0. The summed E-state index contributed by atoms with van der Waals surface area (Å²) in [5, 5.41) is 7.42. The minimum atomic E-state index is -4.62. The van der Waals surface area contributed by atoms with Gasteiger partial charge in [-0.25, -0.2) is 5.43 Å². The molecule has 0 saturated heterocycles. The van der Waals surface area contributed by atoms with Crippen LogP contribution in [-0.4, -0.2) is 17.5 Å². The van der Waals surface area contributed by atoms with E-state index in [1.807, 2.05) is 0 Å². The van der Waals surface area contributed by atoms with Crippen molar-refractivity contribution >= 4 is 46.2 Å². The molecule has 0 spiro atoms. The van der Waals surface area contributed by atoms with Crippen molar-refractivity contribution < 1.29 is 22.8 Å². The summed E-state index contributed by atoms with van der Waals surface area (Å²) in [6.45, 7) is 1.51. The minimum absolute atomic E-state index is 0.0397. The smallest absolute Gasteiger partial charge is 0.326 e. The molecule has 26 heavy (non-hydrogen) atoms. The average molecular weight is 404 g/mol. The van der Waals surface area contributed by atoms with Crippen molar-refractivity contribution in [3.8, 4) is 0 Å². The van der Waals surface area contributed by atoms with Gasteiger partial charge in [-0.1, -0.05) is 17.7 Å². The van der Waals surface area contributed by atoms with Crippen molar-refractivity contribution in [3.63, 3.8) is 0 Å². The highest BCUT2D eigenvalue weighted by atomic mass is 35.5. The van der Waals surface area contributed by atoms with Crippen molar-refractivity contribution in [1.29, 1.82) is 0 Å². The molecule has 2 aromatic rings. The molecule has 0 atom stereocenters. The van der Waals surface area contributed by atoms with Gasteiger partial charge in [0.1, 0.15) is 0 Å². The molecule has 0 bridgehead atoms. The first-order valence-electron chi connectivity index (χ1n) is 7.20. The highest BCUT2D eigenvalue weighted by molar-refractivity contribution is 7.12. The largest absolute Gasteiger partial charge is 0.417 e. The standard InChI is InChI=1S/C16H13ClF3N3O2S/c1-9(22-23-15(25)13-3-2-6-26-13)7-14(24)21-10-4-5-12(17)11(8-10)16(18,19)20/h2-6,8H,7H2,1H3,(H,21,24)(H,23,25)/b22-9+. The van der Waals surface area contributed by atoms with E-state index in [4.69, 9.17) is 11.6 Å². The van der Waals surface area contributed by atoms with Crippen LogP contribution in [-0.2, 0) is 11.0 Å². The molecule has 0 aliphatic rings. The number of halogens is 4. The van der Waals surface area contributed by atoms with E-state index in [9.17, 15) is 22.8 Å². The molecule has 0 aliphatic heterocycles. The molecule has 138 valence electrons. The maximum absolute atomic E-state index is 12.8. The number of anilines is 1. The number of hydrazone groups is 1. The van der Waals surface area contributed by atoms with Crippen molar-refractivity contribution in [2.24, 2.45) is 5.10 Å². The number of carbonyl (C=O) groups excluding carboxylic acids is 2. The summed E-state index contributed by atoms with van der Waals surface area (Å²) < 4.78 is 38.4. The number of alkyl halides is 3. The molecule has 0 unspecified atom stereocenters. The van der Waals surface area contributed by atoms with Crippen molar-refractivity contribution in [2.75, 3.05) is 5.32 Å². The van der Waals surface area contributed by atoms with Gasteiger partial charge < -0.3 is 5.32 Å². The van der Waals surface area contributed by atoms with Gasteiger partial charge in [-0.3, -0.25) is 9.59 Å². The Bertz CT molecular complexity index is 836. The molecule has 1 aromatic carbocycles. The predicted octanol–water partition coefficient (Wildman–Crippen LogP) is 4.55. The van der Waals surface area contributed by atoms with E-state index >= 15 is 0 Å². The SMILES string of the molecule is C/C(CC(=O)Nc1ccc(Cl)c(C(F)(F)F)c1)=N\NC(=O)c1cccs1. The lowest BCUT2D eigenvalue weighted by Gasteiger charge is -2.11. The summed E-state index contributed by atoms with van der Waals surface area (Å²) >= 11 is 6.76. The van der Waals surface area contributed by atoms with Gasteiger partial charge in [0, 0.05) is 11.4 Å². The quantitative estimate of drug-likeness (QED) is 0.567. The second-order valence-electron chi connectivity index (χ2n) is 5.18. The van der Waals surface area contributed by atoms with Crippen LogP contribution in [0.25, 0.3) is 0 Å². The summed E-state index contributed by atoms with van der Waals surface area (Å²) in [5.74, 6) is -0.987. The third kappa shape index (κ3) is 5.57. The number of rotatable bonds is 5. The topological polar surface area (TPSA) is 70.6 Å². The third-order valence-corrected chi connectivity index (χ3v) is 4.26. The number of hydrogen-bond acceptors (Lipinski definition) is 4. The van der Waals surface area contributed by atoms with Crippen LogP contribution in [0.2, 0.25) is 5.02 Å². The number of amides is 2. The van der Waals surface area contributed by atoms with Crippen LogP contribution in [0.15, 0.2) is 40.8 Å². The molecular weight excluding hydrogens is 391 g/mol. The van der Waals surface area contributed by atoms with Crippen LogP contribution >= 0.6 is 22.9 Å². The number of benzene rings is 1. The third-order valence-electron chi connectivity index (χ3n) is 3.07. The Balaban J connectivity index is 1.96. The number of nitrogens with zero attached hydrogens (tertiary/aromatic N) is 1.